The molecule has 0 bridgehead atoms. The van der Waals surface area contributed by atoms with Gasteiger partial charge in [0.1, 0.15) is 5.82 Å². The van der Waals surface area contributed by atoms with E-state index in [0.29, 0.717) is 12.0 Å². The van der Waals surface area contributed by atoms with E-state index in [2.05, 4.69) is 36.0 Å². The van der Waals surface area contributed by atoms with Crippen LogP contribution in [0.4, 0.5) is 5.13 Å². The van der Waals surface area contributed by atoms with Crippen LogP contribution in [0, 0.1) is 13.8 Å². The van der Waals surface area contributed by atoms with Crippen LogP contribution in [-0.2, 0) is 7.05 Å². The summed E-state index contributed by atoms with van der Waals surface area (Å²) in [4.78, 5) is 19.7. The van der Waals surface area contributed by atoms with Crippen LogP contribution < -0.4 is 10.6 Å². The molecule has 3 heterocycles. The summed E-state index contributed by atoms with van der Waals surface area (Å²) in [5.74, 6) is 1.37. The van der Waals surface area contributed by atoms with Crippen molar-refractivity contribution in [2.45, 2.75) is 51.5 Å². The second-order valence-electron chi connectivity index (χ2n) is 8.05. The Morgan fingerprint density at radius 3 is 2.56 bits per heavy atom. The number of benzene rings is 1. The molecule has 1 saturated carbocycles. The fraction of sp³-hybridized carbons (Fsp3) is 0.550. The summed E-state index contributed by atoms with van der Waals surface area (Å²) >= 11 is 1.79. The Morgan fingerprint density at radius 1 is 1.11 bits per heavy atom. The first kappa shape index (κ1) is 17.0. The van der Waals surface area contributed by atoms with E-state index >= 15 is 0 Å². The summed E-state index contributed by atoms with van der Waals surface area (Å²) in [5.41, 5.74) is 3.73. The smallest absolute Gasteiger partial charge is 0.345 e. The highest BCUT2D eigenvalue weighted by Crippen LogP contribution is 2.39. The molecule has 1 aliphatic heterocycles. The predicted octanol–water partition coefficient (Wildman–Crippen LogP) is 3.53. The molecule has 142 valence electrons. The first-order valence-electron chi connectivity index (χ1n) is 9.79. The van der Waals surface area contributed by atoms with Crippen LogP contribution in [-0.4, -0.2) is 32.4 Å². The van der Waals surface area contributed by atoms with E-state index in [0.717, 1.165) is 55.2 Å². The molecule has 0 unspecified atom stereocenters. The molecule has 0 amide bonds. The number of rotatable bonds is 3. The Balaban J connectivity index is 1.37. The van der Waals surface area contributed by atoms with E-state index in [1.807, 2.05) is 4.57 Å². The quantitative estimate of drug-likeness (QED) is 0.694. The van der Waals surface area contributed by atoms with Gasteiger partial charge in [0.2, 0.25) is 0 Å². The first-order chi connectivity index (χ1) is 13.0. The summed E-state index contributed by atoms with van der Waals surface area (Å²) in [5, 5.41) is 5.71. The molecule has 7 heteroatoms. The minimum Gasteiger partial charge on any atom is -0.348 e. The average Bonchev–Trinajstić information content (AvgIpc) is 3.31. The van der Waals surface area contributed by atoms with Crippen molar-refractivity contribution in [1.29, 1.82) is 0 Å². The zero-order valence-corrected chi connectivity index (χ0v) is 16.9. The van der Waals surface area contributed by atoms with Crippen LogP contribution in [0.1, 0.15) is 54.6 Å². The second-order valence-corrected chi connectivity index (χ2v) is 9.06. The Hall–Kier alpha value is -2.15. The van der Waals surface area contributed by atoms with E-state index in [4.69, 9.17) is 4.98 Å². The van der Waals surface area contributed by atoms with Crippen molar-refractivity contribution in [3.63, 3.8) is 0 Å². The molecule has 1 saturated heterocycles. The molecule has 6 nitrogen and oxygen atoms in total. The van der Waals surface area contributed by atoms with E-state index in [1.165, 1.54) is 20.5 Å². The number of thiazole rings is 1. The van der Waals surface area contributed by atoms with Crippen molar-refractivity contribution in [2.75, 3.05) is 18.0 Å². The maximum absolute atomic E-state index is 12.4. The molecule has 27 heavy (non-hydrogen) atoms. The van der Waals surface area contributed by atoms with Gasteiger partial charge in [0.25, 0.3) is 0 Å². The number of piperidine rings is 1. The summed E-state index contributed by atoms with van der Waals surface area (Å²) in [6.45, 7) is 6.22. The highest BCUT2D eigenvalue weighted by molar-refractivity contribution is 7.22. The lowest BCUT2D eigenvalue weighted by Crippen LogP contribution is -2.34. The Kier molecular flexibility index (Phi) is 3.89. The number of fused-ring (bicyclic) bond motifs is 1. The molecule has 1 aliphatic carbocycles. The average molecular weight is 384 g/mol. The monoisotopic (exact) mass is 383 g/mol. The topological polar surface area (TPSA) is 56.0 Å². The Bertz CT molecular complexity index is 1070. The van der Waals surface area contributed by atoms with Gasteiger partial charge in [-0.3, -0.25) is 4.57 Å². The van der Waals surface area contributed by atoms with Gasteiger partial charge in [-0.1, -0.05) is 17.4 Å². The minimum atomic E-state index is 0.0481. The number of hydrogen-bond donors (Lipinski definition) is 0. The lowest BCUT2D eigenvalue weighted by Gasteiger charge is -2.31. The van der Waals surface area contributed by atoms with Crippen LogP contribution in [0.3, 0.4) is 0 Å². The van der Waals surface area contributed by atoms with Crippen molar-refractivity contribution >= 4 is 26.7 Å². The van der Waals surface area contributed by atoms with Gasteiger partial charge in [0, 0.05) is 32.1 Å². The number of anilines is 1. The van der Waals surface area contributed by atoms with E-state index < -0.39 is 0 Å². The van der Waals surface area contributed by atoms with E-state index in [9.17, 15) is 4.79 Å². The van der Waals surface area contributed by atoms with Crippen LogP contribution >= 0.6 is 11.3 Å². The van der Waals surface area contributed by atoms with Gasteiger partial charge in [0.05, 0.1) is 10.2 Å². The fourth-order valence-corrected chi connectivity index (χ4v) is 5.47. The molecule has 1 aromatic carbocycles. The Morgan fingerprint density at radius 2 is 1.85 bits per heavy atom. The molecule has 0 radical (unpaired) electrons. The third-order valence-corrected chi connectivity index (χ3v) is 6.91. The largest absolute Gasteiger partial charge is 0.348 e. The lowest BCUT2D eigenvalue weighted by atomic mass is 9.96. The van der Waals surface area contributed by atoms with Gasteiger partial charge in [0.15, 0.2) is 5.13 Å². The van der Waals surface area contributed by atoms with Gasteiger partial charge < -0.3 is 4.90 Å². The summed E-state index contributed by atoms with van der Waals surface area (Å²) in [6, 6.07) is 4.82. The molecule has 0 N–H and O–H groups in total. The third kappa shape index (κ3) is 2.88. The van der Waals surface area contributed by atoms with Gasteiger partial charge in [-0.25, -0.2) is 14.5 Å². The van der Waals surface area contributed by atoms with Crippen LogP contribution in [0.5, 0.6) is 0 Å². The maximum atomic E-state index is 12.4. The molecular weight excluding hydrogens is 358 g/mol. The van der Waals surface area contributed by atoms with Crippen molar-refractivity contribution in [3.05, 3.63) is 39.6 Å². The summed E-state index contributed by atoms with van der Waals surface area (Å²) in [7, 11) is 1.77. The number of nitrogens with zero attached hydrogens (tertiary/aromatic N) is 5. The second kappa shape index (κ2) is 6.19. The van der Waals surface area contributed by atoms with Crippen molar-refractivity contribution in [2.24, 2.45) is 7.05 Å². The maximum Gasteiger partial charge on any atom is 0.345 e. The number of aryl methyl sites for hydroxylation is 3. The highest BCUT2D eigenvalue weighted by Gasteiger charge is 2.34. The van der Waals surface area contributed by atoms with Crippen LogP contribution in [0.25, 0.3) is 10.2 Å². The fourth-order valence-electron chi connectivity index (χ4n) is 4.28. The third-order valence-electron chi connectivity index (χ3n) is 5.84. The number of hydrogen-bond acceptors (Lipinski definition) is 5. The number of aromatic nitrogens is 4. The molecule has 0 spiro atoms. The molecule has 5 rings (SSSR count). The predicted molar refractivity (Wildman–Crippen MR) is 109 cm³/mol. The zero-order chi connectivity index (χ0) is 18.7. The lowest BCUT2D eigenvalue weighted by molar-refractivity contribution is 0.462. The summed E-state index contributed by atoms with van der Waals surface area (Å²) < 4.78 is 4.75. The molecule has 3 aromatic rings. The molecule has 2 fully saturated rings. The van der Waals surface area contributed by atoms with Crippen LogP contribution in [0.2, 0.25) is 0 Å². The molecular formula is C20H25N5OS. The SMILES string of the molecule is Cc1cc(C)c2nc(N3CCC(c4nn(C)c(=O)n4C4CC4)CC3)sc2c1. The van der Waals surface area contributed by atoms with Crippen molar-refractivity contribution < 1.29 is 0 Å². The molecule has 0 atom stereocenters. The van der Waals surface area contributed by atoms with Gasteiger partial charge >= 0.3 is 5.69 Å². The highest BCUT2D eigenvalue weighted by atomic mass is 32.1. The van der Waals surface area contributed by atoms with E-state index in [-0.39, 0.29) is 5.69 Å². The van der Waals surface area contributed by atoms with Gasteiger partial charge in [-0.15, -0.1) is 0 Å². The van der Waals surface area contributed by atoms with Crippen molar-refractivity contribution in [3.8, 4) is 0 Å². The van der Waals surface area contributed by atoms with E-state index in [1.54, 1.807) is 18.4 Å². The molecule has 2 aromatic heterocycles. The normalized spacial score (nSPS) is 18.6. The zero-order valence-electron chi connectivity index (χ0n) is 16.1. The minimum absolute atomic E-state index is 0.0481. The summed E-state index contributed by atoms with van der Waals surface area (Å²) in [6.07, 6.45) is 4.28. The van der Waals surface area contributed by atoms with Crippen molar-refractivity contribution in [1.82, 2.24) is 19.3 Å². The first-order valence-corrected chi connectivity index (χ1v) is 10.6. The molecule has 2 aliphatic rings. The van der Waals surface area contributed by atoms with Gasteiger partial charge in [-0.05, 0) is 56.7 Å². The standard InChI is InChI=1S/C20H25N5OS/c1-12-10-13(2)17-16(11-12)27-19(21-17)24-8-6-14(7-9-24)18-22-23(3)20(26)25(18)15-4-5-15/h10-11,14-15H,4-9H2,1-3H3. The van der Waals surface area contributed by atoms with Gasteiger partial charge in [-0.2, -0.15) is 5.10 Å². The van der Waals surface area contributed by atoms with Crippen LogP contribution in [0.15, 0.2) is 16.9 Å². The Labute approximate surface area is 162 Å².